The van der Waals surface area contributed by atoms with Gasteiger partial charge in [0.25, 0.3) is 5.56 Å². The van der Waals surface area contributed by atoms with Crippen molar-refractivity contribution in [2.24, 2.45) is 7.05 Å². The van der Waals surface area contributed by atoms with Crippen LogP contribution in [0.15, 0.2) is 63.1 Å². The Kier molecular flexibility index (Phi) is 5.02. The Morgan fingerprint density at radius 2 is 2.06 bits per heavy atom. The summed E-state index contributed by atoms with van der Waals surface area (Å²) in [6, 6.07) is 12.4. The quantitative estimate of drug-likeness (QED) is 0.382. The summed E-state index contributed by atoms with van der Waals surface area (Å²) in [5.74, 6) is 1.49. The number of rotatable bonds is 6. The molecule has 2 N–H and O–H groups in total. The van der Waals surface area contributed by atoms with E-state index in [9.17, 15) is 9.59 Å². The van der Waals surface area contributed by atoms with Crippen molar-refractivity contribution in [1.82, 2.24) is 34.4 Å². The van der Waals surface area contributed by atoms with Crippen LogP contribution in [0.2, 0.25) is 0 Å². The summed E-state index contributed by atoms with van der Waals surface area (Å²) >= 11 is 1.19. The predicted octanol–water partition coefficient (Wildman–Crippen LogP) is 2.53. The zero-order chi connectivity index (χ0) is 22.2. The third-order valence-corrected chi connectivity index (χ3v) is 5.92. The van der Waals surface area contributed by atoms with Crippen LogP contribution in [-0.4, -0.2) is 40.8 Å². The molecule has 4 heterocycles. The monoisotopic (exact) mass is 449 g/mol. The third-order valence-electron chi connectivity index (χ3n) is 4.99. The van der Waals surface area contributed by atoms with Gasteiger partial charge in [-0.2, -0.15) is 4.98 Å². The van der Waals surface area contributed by atoms with Crippen LogP contribution in [0.3, 0.4) is 0 Å². The topological polar surface area (TPSA) is 123 Å². The fourth-order valence-electron chi connectivity index (χ4n) is 3.53. The largest absolute Gasteiger partial charge is 0.461 e. The van der Waals surface area contributed by atoms with E-state index in [1.807, 2.05) is 42.8 Å². The normalized spacial score (nSPS) is 12.4. The number of aromatic amines is 1. The molecule has 1 amide bonds. The first-order valence-electron chi connectivity index (χ1n) is 9.87. The molecular formula is C21H19N7O3S. The summed E-state index contributed by atoms with van der Waals surface area (Å²) in [6.45, 7) is 1.89. The van der Waals surface area contributed by atoms with Crippen LogP contribution in [0.1, 0.15) is 18.8 Å². The third kappa shape index (κ3) is 3.66. The lowest BCUT2D eigenvalue weighted by molar-refractivity contribution is -0.119. The van der Waals surface area contributed by atoms with E-state index in [2.05, 4.69) is 25.4 Å². The van der Waals surface area contributed by atoms with Gasteiger partial charge in [-0.3, -0.25) is 14.7 Å². The lowest BCUT2D eigenvalue weighted by atomic mass is 10.3. The Balaban J connectivity index is 1.34. The van der Waals surface area contributed by atoms with E-state index in [1.54, 1.807) is 12.1 Å². The summed E-state index contributed by atoms with van der Waals surface area (Å²) in [5, 5.41) is 6.05. The Morgan fingerprint density at radius 3 is 2.84 bits per heavy atom. The minimum absolute atomic E-state index is 0.0954. The molecule has 0 spiro atoms. The van der Waals surface area contributed by atoms with Crippen molar-refractivity contribution in [3.63, 3.8) is 0 Å². The lowest BCUT2D eigenvalue weighted by Crippen LogP contribution is -2.30. The molecule has 0 aliphatic carbocycles. The summed E-state index contributed by atoms with van der Waals surface area (Å²) < 4.78 is 8.81. The number of benzene rings is 1. The van der Waals surface area contributed by atoms with Crippen LogP contribution < -0.4 is 10.9 Å². The second kappa shape index (κ2) is 8.00. The van der Waals surface area contributed by atoms with Gasteiger partial charge in [-0.15, -0.1) is 0 Å². The summed E-state index contributed by atoms with van der Waals surface area (Å²) in [6.07, 6.45) is 1.52. The molecule has 5 aromatic rings. The number of H-pyrrole nitrogens is 1. The van der Waals surface area contributed by atoms with Gasteiger partial charge >= 0.3 is 0 Å². The smallest absolute Gasteiger partial charge is 0.266 e. The van der Waals surface area contributed by atoms with Crippen molar-refractivity contribution < 1.29 is 9.21 Å². The first-order chi connectivity index (χ1) is 15.5. The first-order valence-corrected chi connectivity index (χ1v) is 10.9. The van der Waals surface area contributed by atoms with Crippen LogP contribution in [0, 0.1) is 0 Å². The van der Waals surface area contributed by atoms with Gasteiger partial charge in [-0.1, -0.05) is 23.9 Å². The molecule has 32 heavy (non-hydrogen) atoms. The zero-order valence-corrected chi connectivity index (χ0v) is 18.1. The van der Waals surface area contributed by atoms with Gasteiger partial charge in [0.05, 0.1) is 29.1 Å². The van der Waals surface area contributed by atoms with E-state index in [4.69, 9.17) is 4.42 Å². The predicted molar refractivity (Wildman–Crippen MR) is 119 cm³/mol. The number of nitrogens with one attached hydrogen (secondary N) is 2. The average Bonchev–Trinajstić information content (AvgIpc) is 3.50. The number of furan rings is 1. The van der Waals surface area contributed by atoms with Crippen LogP contribution in [0.5, 0.6) is 0 Å². The van der Waals surface area contributed by atoms with Gasteiger partial charge in [0, 0.05) is 13.1 Å². The highest BCUT2D eigenvalue weighted by atomic mass is 32.2. The number of hydrogen-bond acceptors (Lipinski definition) is 7. The Bertz CT molecular complexity index is 1480. The van der Waals surface area contributed by atoms with E-state index in [1.165, 1.54) is 28.6 Å². The number of carbonyl (C=O) groups is 1. The van der Waals surface area contributed by atoms with E-state index in [0.29, 0.717) is 22.4 Å². The van der Waals surface area contributed by atoms with E-state index in [-0.39, 0.29) is 23.3 Å². The fourth-order valence-corrected chi connectivity index (χ4v) is 4.29. The fraction of sp³-hybridized carbons (Fsp3) is 0.190. The maximum absolute atomic E-state index is 12.7. The van der Waals surface area contributed by atoms with Gasteiger partial charge in [0.1, 0.15) is 5.82 Å². The average molecular weight is 449 g/mol. The first kappa shape index (κ1) is 20.1. The Hall–Kier alpha value is -3.86. The molecule has 4 aromatic heterocycles. The molecule has 0 bridgehead atoms. The molecule has 1 atom stereocenters. The lowest BCUT2D eigenvalue weighted by Gasteiger charge is -2.14. The molecule has 0 aliphatic rings. The number of amides is 1. The zero-order valence-electron chi connectivity index (χ0n) is 17.3. The molecule has 11 heteroatoms. The highest BCUT2D eigenvalue weighted by Crippen LogP contribution is 2.23. The standard InChI is InChI=1S/C21H19N7O3S/c1-12(20-23-13-6-3-4-7-14(13)27(20)2)22-18(30)11-32-21-25-19(15-8-5-9-31-15)24-16-10-17(29)26-28(16)21/h3-10,12H,11H2,1-2H3,(H,22,30)(H,26,29)/t12-/m0/s1. The van der Waals surface area contributed by atoms with Crippen LogP contribution in [0.4, 0.5) is 0 Å². The van der Waals surface area contributed by atoms with Crippen molar-refractivity contribution in [3.8, 4) is 11.6 Å². The summed E-state index contributed by atoms with van der Waals surface area (Å²) in [5.41, 5.74) is 1.97. The molecule has 0 saturated heterocycles. The van der Waals surface area contributed by atoms with Crippen molar-refractivity contribution in [1.29, 1.82) is 0 Å². The number of imidazole rings is 1. The molecule has 162 valence electrons. The highest BCUT2D eigenvalue weighted by Gasteiger charge is 2.18. The van der Waals surface area contributed by atoms with Crippen molar-refractivity contribution in [2.45, 2.75) is 18.1 Å². The minimum Gasteiger partial charge on any atom is -0.461 e. The van der Waals surface area contributed by atoms with Gasteiger partial charge in [0.15, 0.2) is 22.4 Å². The molecule has 0 unspecified atom stereocenters. The van der Waals surface area contributed by atoms with Crippen LogP contribution in [-0.2, 0) is 11.8 Å². The molecule has 0 fully saturated rings. The molecule has 10 nitrogen and oxygen atoms in total. The number of carbonyl (C=O) groups excluding carboxylic acids is 1. The Labute approximate surface area is 185 Å². The molecule has 0 saturated carbocycles. The number of thioether (sulfide) groups is 1. The number of hydrogen-bond donors (Lipinski definition) is 2. The number of aryl methyl sites for hydroxylation is 1. The van der Waals surface area contributed by atoms with Gasteiger partial charge in [-0.25, -0.2) is 14.5 Å². The Morgan fingerprint density at radius 1 is 1.22 bits per heavy atom. The van der Waals surface area contributed by atoms with Crippen molar-refractivity contribution in [2.75, 3.05) is 5.75 Å². The molecular weight excluding hydrogens is 430 g/mol. The molecule has 1 aromatic carbocycles. The maximum Gasteiger partial charge on any atom is 0.266 e. The summed E-state index contributed by atoms with van der Waals surface area (Å²) in [4.78, 5) is 37.9. The number of fused-ring (bicyclic) bond motifs is 2. The SMILES string of the molecule is C[C@H](NC(=O)CSc1nc(-c2ccco2)nc2cc(=O)[nH]n12)c1nc2ccccc2n1C. The second-order valence-electron chi connectivity index (χ2n) is 7.22. The van der Waals surface area contributed by atoms with Gasteiger partial charge in [-0.05, 0) is 31.2 Å². The second-order valence-corrected chi connectivity index (χ2v) is 8.16. The molecule has 0 aliphatic heterocycles. The molecule has 5 rings (SSSR count). The van der Waals surface area contributed by atoms with Crippen molar-refractivity contribution in [3.05, 3.63) is 64.9 Å². The van der Waals surface area contributed by atoms with E-state index >= 15 is 0 Å². The molecule has 0 radical (unpaired) electrons. The van der Waals surface area contributed by atoms with Crippen molar-refractivity contribution >= 4 is 34.3 Å². The summed E-state index contributed by atoms with van der Waals surface area (Å²) in [7, 11) is 1.93. The maximum atomic E-state index is 12.7. The van der Waals surface area contributed by atoms with Crippen LogP contribution in [0.25, 0.3) is 28.3 Å². The number of aromatic nitrogens is 6. The highest BCUT2D eigenvalue weighted by molar-refractivity contribution is 7.99. The van der Waals surface area contributed by atoms with Gasteiger partial charge < -0.3 is 14.3 Å². The minimum atomic E-state index is -0.308. The van der Waals surface area contributed by atoms with E-state index < -0.39 is 0 Å². The number of nitrogens with zero attached hydrogens (tertiary/aromatic N) is 5. The number of para-hydroxylation sites is 2. The van der Waals surface area contributed by atoms with Gasteiger partial charge in [0.2, 0.25) is 5.91 Å². The van der Waals surface area contributed by atoms with E-state index in [0.717, 1.165) is 16.9 Å². The van der Waals surface area contributed by atoms with Crippen LogP contribution >= 0.6 is 11.8 Å².